The molecule has 0 spiro atoms. The standard InChI is InChI=1S/C21H27N3O3S/c1-25-18-6-4-5-16(11-18)15-23-7-9-24(10-8-23)21(28)22-17-12-19(26-2)14-20(13-17)27-3/h4-6,11-14H,7-10,15H2,1-3H3,(H,22,28). The molecule has 6 nitrogen and oxygen atoms in total. The van der Waals surface area contributed by atoms with Crippen LogP contribution in [0.2, 0.25) is 0 Å². The Balaban J connectivity index is 1.53. The van der Waals surface area contributed by atoms with E-state index in [9.17, 15) is 0 Å². The van der Waals surface area contributed by atoms with E-state index in [4.69, 9.17) is 26.4 Å². The van der Waals surface area contributed by atoms with Crippen LogP contribution in [0, 0.1) is 0 Å². The van der Waals surface area contributed by atoms with Gasteiger partial charge in [0.1, 0.15) is 17.2 Å². The van der Waals surface area contributed by atoms with E-state index >= 15 is 0 Å². The van der Waals surface area contributed by atoms with Crippen LogP contribution in [0.25, 0.3) is 0 Å². The summed E-state index contributed by atoms with van der Waals surface area (Å²) < 4.78 is 16.0. The maximum atomic E-state index is 5.61. The van der Waals surface area contributed by atoms with Gasteiger partial charge in [-0.25, -0.2) is 0 Å². The molecule has 0 atom stereocenters. The zero-order valence-corrected chi connectivity index (χ0v) is 17.4. The topological polar surface area (TPSA) is 46.2 Å². The minimum absolute atomic E-state index is 0.719. The SMILES string of the molecule is COc1cccc(CN2CCN(C(=S)Nc3cc(OC)cc(OC)c3)CC2)c1. The van der Waals surface area contributed by atoms with Gasteiger partial charge in [-0.1, -0.05) is 12.1 Å². The number of thiocarbonyl (C=S) groups is 1. The van der Waals surface area contributed by atoms with Gasteiger partial charge in [0.15, 0.2) is 5.11 Å². The van der Waals surface area contributed by atoms with E-state index < -0.39 is 0 Å². The summed E-state index contributed by atoms with van der Waals surface area (Å²) in [6.45, 7) is 4.60. The molecule has 0 amide bonds. The third-order valence-corrected chi connectivity index (χ3v) is 5.16. The molecule has 2 aromatic carbocycles. The summed E-state index contributed by atoms with van der Waals surface area (Å²) >= 11 is 5.61. The highest BCUT2D eigenvalue weighted by molar-refractivity contribution is 7.80. The molecule has 3 rings (SSSR count). The monoisotopic (exact) mass is 401 g/mol. The van der Waals surface area contributed by atoms with Crippen molar-refractivity contribution in [2.75, 3.05) is 52.8 Å². The molecule has 1 saturated heterocycles. The van der Waals surface area contributed by atoms with Crippen LogP contribution in [0.15, 0.2) is 42.5 Å². The lowest BCUT2D eigenvalue weighted by Gasteiger charge is -2.36. The molecule has 7 heteroatoms. The molecular formula is C21H27N3O3S. The molecule has 1 N–H and O–H groups in total. The number of piperazine rings is 1. The first-order valence-electron chi connectivity index (χ1n) is 9.25. The highest BCUT2D eigenvalue weighted by Gasteiger charge is 2.19. The Morgan fingerprint density at radius 2 is 1.54 bits per heavy atom. The minimum Gasteiger partial charge on any atom is -0.497 e. The normalized spacial score (nSPS) is 14.5. The number of nitrogens with zero attached hydrogens (tertiary/aromatic N) is 2. The number of ether oxygens (including phenoxy) is 3. The van der Waals surface area contributed by atoms with Crippen LogP contribution in [0.3, 0.4) is 0 Å². The minimum atomic E-state index is 0.719. The fourth-order valence-corrected chi connectivity index (χ4v) is 3.52. The van der Waals surface area contributed by atoms with E-state index in [1.807, 2.05) is 30.3 Å². The van der Waals surface area contributed by atoms with Crippen LogP contribution >= 0.6 is 12.2 Å². The van der Waals surface area contributed by atoms with Gasteiger partial charge in [-0.05, 0) is 29.9 Å². The molecule has 0 saturated carbocycles. The Morgan fingerprint density at radius 3 is 2.14 bits per heavy atom. The zero-order valence-electron chi connectivity index (χ0n) is 16.6. The molecule has 0 bridgehead atoms. The van der Waals surface area contributed by atoms with Gasteiger partial charge < -0.3 is 24.4 Å². The van der Waals surface area contributed by atoms with E-state index in [2.05, 4.69) is 27.2 Å². The average molecular weight is 402 g/mol. The predicted molar refractivity (Wildman–Crippen MR) is 116 cm³/mol. The lowest BCUT2D eigenvalue weighted by atomic mass is 10.2. The fourth-order valence-electron chi connectivity index (χ4n) is 3.22. The second kappa shape index (κ2) is 9.61. The van der Waals surface area contributed by atoms with E-state index in [1.54, 1.807) is 21.3 Å². The first kappa shape index (κ1) is 20.2. The number of rotatable bonds is 6. The maximum absolute atomic E-state index is 5.61. The third kappa shape index (κ3) is 5.27. The van der Waals surface area contributed by atoms with Crippen molar-refractivity contribution in [3.8, 4) is 17.2 Å². The van der Waals surface area contributed by atoms with Gasteiger partial charge >= 0.3 is 0 Å². The molecule has 0 radical (unpaired) electrons. The molecular weight excluding hydrogens is 374 g/mol. The van der Waals surface area contributed by atoms with Gasteiger partial charge in [-0.2, -0.15) is 0 Å². The number of hydrogen-bond donors (Lipinski definition) is 1. The largest absolute Gasteiger partial charge is 0.497 e. The van der Waals surface area contributed by atoms with Crippen LogP contribution in [0.5, 0.6) is 17.2 Å². The Bertz CT molecular complexity index is 785. The molecule has 1 heterocycles. The molecule has 150 valence electrons. The van der Waals surface area contributed by atoms with Crippen molar-refractivity contribution in [1.82, 2.24) is 9.80 Å². The second-order valence-electron chi connectivity index (χ2n) is 6.65. The lowest BCUT2D eigenvalue weighted by Crippen LogP contribution is -2.49. The van der Waals surface area contributed by atoms with Crippen molar-refractivity contribution in [3.05, 3.63) is 48.0 Å². The van der Waals surface area contributed by atoms with Crippen LogP contribution in [-0.2, 0) is 6.54 Å². The molecule has 0 aliphatic carbocycles. The summed E-state index contributed by atoms with van der Waals surface area (Å²) in [5.41, 5.74) is 2.12. The van der Waals surface area contributed by atoms with Gasteiger partial charge in [-0.3, -0.25) is 4.90 Å². The number of anilines is 1. The van der Waals surface area contributed by atoms with E-state index in [0.29, 0.717) is 0 Å². The second-order valence-corrected chi connectivity index (χ2v) is 7.03. The zero-order chi connectivity index (χ0) is 19.9. The Hall–Kier alpha value is -2.51. The van der Waals surface area contributed by atoms with Crippen LogP contribution in [0.1, 0.15) is 5.56 Å². The maximum Gasteiger partial charge on any atom is 0.173 e. The molecule has 2 aromatic rings. The van der Waals surface area contributed by atoms with Gasteiger partial charge in [0, 0.05) is 56.6 Å². The average Bonchev–Trinajstić information content (AvgIpc) is 2.74. The quantitative estimate of drug-likeness (QED) is 0.746. The molecule has 1 aliphatic rings. The lowest BCUT2D eigenvalue weighted by molar-refractivity contribution is 0.177. The van der Waals surface area contributed by atoms with Crippen molar-refractivity contribution < 1.29 is 14.2 Å². The Kier molecular flexibility index (Phi) is 6.95. The summed E-state index contributed by atoms with van der Waals surface area (Å²) in [6.07, 6.45) is 0. The summed E-state index contributed by atoms with van der Waals surface area (Å²) in [6, 6.07) is 13.9. The third-order valence-electron chi connectivity index (χ3n) is 4.80. The van der Waals surface area contributed by atoms with Crippen molar-refractivity contribution >= 4 is 23.0 Å². The smallest absolute Gasteiger partial charge is 0.173 e. The molecule has 1 aliphatic heterocycles. The first-order valence-corrected chi connectivity index (χ1v) is 9.66. The Morgan fingerprint density at radius 1 is 0.893 bits per heavy atom. The molecule has 0 unspecified atom stereocenters. The number of benzene rings is 2. The molecule has 0 aromatic heterocycles. The van der Waals surface area contributed by atoms with Crippen LogP contribution in [0.4, 0.5) is 5.69 Å². The molecule has 28 heavy (non-hydrogen) atoms. The molecule has 1 fully saturated rings. The van der Waals surface area contributed by atoms with Crippen molar-refractivity contribution in [2.24, 2.45) is 0 Å². The van der Waals surface area contributed by atoms with E-state index in [1.165, 1.54) is 5.56 Å². The highest BCUT2D eigenvalue weighted by atomic mass is 32.1. The van der Waals surface area contributed by atoms with Crippen molar-refractivity contribution in [3.63, 3.8) is 0 Å². The first-order chi connectivity index (χ1) is 13.6. The summed E-state index contributed by atoms with van der Waals surface area (Å²) in [5, 5.41) is 4.02. The van der Waals surface area contributed by atoms with E-state index in [-0.39, 0.29) is 0 Å². The summed E-state index contributed by atoms with van der Waals surface area (Å²) in [7, 11) is 4.97. The summed E-state index contributed by atoms with van der Waals surface area (Å²) in [5.74, 6) is 2.36. The van der Waals surface area contributed by atoms with Crippen LogP contribution < -0.4 is 19.5 Å². The number of hydrogen-bond acceptors (Lipinski definition) is 5. The van der Waals surface area contributed by atoms with Crippen LogP contribution in [-0.4, -0.2) is 62.4 Å². The predicted octanol–water partition coefficient (Wildman–Crippen LogP) is 3.23. The number of methoxy groups -OCH3 is 3. The van der Waals surface area contributed by atoms with Gasteiger partial charge in [0.2, 0.25) is 0 Å². The van der Waals surface area contributed by atoms with Gasteiger partial charge in [0.05, 0.1) is 21.3 Å². The number of nitrogens with one attached hydrogen (secondary N) is 1. The van der Waals surface area contributed by atoms with Crippen molar-refractivity contribution in [1.29, 1.82) is 0 Å². The van der Waals surface area contributed by atoms with E-state index in [0.717, 1.165) is 60.8 Å². The Labute approximate surface area is 172 Å². The summed E-state index contributed by atoms with van der Waals surface area (Å²) in [4.78, 5) is 4.63. The van der Waals surface area contributed by atoms with Gasteiger partial charge in [0.25, 0.3) is 0 Å². The van der Waals surface area contributed by atoms with Crippen molar-refractivity contribution in [2.45, 2.75) is 6.54 Å². The van der Waals surface area contributed by atoms with Gasteiger partial charge in [-0.15, -0.1) is 0 Å². The fraction of sp³-hybridized carbons (Fsp3) is 0.381. The highest BCUT2D eigenvalue weighted by Crippen LogP contribution is 2.26.